The monoisotopic (exact) mass is 297 g/mol. The molecule has 19 heavy (non-hydrogen) atoms. The summed E-state index contributed by atoms with van der Waals surface area (Å²) in [6, 6.07) is 0. The predicted octanol–water partition coefficient (Wildman–Crippen LogP) is 3.34. The summed E-state index contributed by atoms with van der Waals surface area (Å²) in [6.45, 7) is 7.19. The molecule has 4 nitrogen and oxygen atoms in total. The minimum Gasteiger partial charge on any atom is -0.384 e. The van der Waals surface area contributed by atoms with Crippen LogP contribution in [0, 0.1) is 0 Å². The lowest BCUT2D eigenvalue weighted by Gasteiger charge is -2.16. The van der Waals surface area contributed by atoms with Crippen molar-refractivity contribution in [3.8, 4) is 10.6 Å². The first-order chi connectivity index (χ1) is 8.91. The molecule has 0 saturated carbocycles. The van der Waals surface area contributed by atoms with Crippen LogP contribution in [0.1, 0.15) is 31.5 Å². The lowest BCUT2D eigenvalue weighted by Crippen LogP contribution is -2.13. The number of hydrogen-bond acceptors (Lipinski definition) is 6. The van der Waals surface area contributed by atoms with E-state index in [1.807, 2.05) is 5.38 Å². The van der Waals surface area contributed by atoms with Gasteiger partial charge < -0.3 is 10.5 Å². The zero-order chi connectivity index (χ0) is 14.0. The second-order valence-electron chi connectivity index (χ2n) is 5.35. The second kappa shape index (κ2) is 5.56. The van der Waals surface area contributed by atoms with Crippen molar-refractivity contribution in [2.45, 2.75) is 32.6 Å². The maximum Gasteiger partial charge on any atom is 0.180 e. The van der Waals surface area contributed by atoms with Gasteiger partial charge in [-0.05, 0) is 0 Å². The van der Waals surface area contributed by atoms with Crippen LogP contribution in [-0.4, -0.2) is 23.7 Å². The van der Waals surface area contributed by atoms with Crippen molar-refractivity contribution in [3.63, 3.8) is 0 Å². The first-order valence-corrected chi connectivity index (χ1v) is 7.82. The lowest BCUT2D eigenvalue weighted by atomic mass is 9.91. The largest absolute Gasteiger partial charge is 0.384 e. The molecule has 2 heterocycles. The minimum atomic E-state index is -0.00443. The molecule has 6 heteroatoms. The molecule has 2 N–H and O–H groups in total. The number of nitrogen functional groups attached to an aromatic ring is 1. The number of rotatable bonds is 4. The molecule has 104 valence electrons. The maximum absolute atomic E-state index is 5.73. The standard InChI is InChI=1S/C13H19N3OS2/c1-13(2,3)11-10(8-7-18-12(14)15-8)19-9(16-11)5-6-17-4/h7H,5-6H2,1-4H3,(H2,14,15). The van der Waals surface area contributed by atoms with Gasteiger partial charge >= 0.3 is 0 Å². The smallest absolute Gasteiger partial charge is 0.180 e. The molecule has 0 aliphatic heterocycles. The zero-order valence-corrected chi connectivity index (χ0v) is 13.3. The summed E-state index contributed by atoms with van der Waals surface area (Å²) in [4.78, 5) is 10.3. The van der Waals surface area contributed by atoms with E-state index in [0.717, 1.165) is 27.7 Å². The highest BCUT2D eigenvalue weighted by Gasteiger charge is 2.25. The summed E-state index contributed by atoms with van der Waals surface area (Å²) in [7, 11) is 1.71. The van der Waals surface area contributed by atoms with Gasteiger partial charge in [-0.1, -0.05) is 20.8 Å². The molecule has 0 radical (unpaired) electrons. The Bertz CT molecular complexity index is 554. The number of thiazole rings is 2. The van der Waals surface area contributed by atoms with E-state index >= 15 is 0 Å². The number of nitrogens with zero attached hydrogens (tertiary/aromatic N) is 2. The van der Waals surface area contributed by atoms with Crippen LogP contribution >= 0.6 is 22.7 Å². The van der Waals surface area contributed by atoms with Crippen molar-refractivity contribution < 1.29 is 4.74 Å². The highest BCUT2D eigenvalue weighted by molar-refractivity contribution is 7.16. The quantitative estimate of drug-likeness (QED) is 0.940. The van der Waals surface area contributed by atoms with Gasteiger partial charge in [-0.15, -0.1) is 22.7 Å². The molecule has 2 aromatic rings. The first-order valence-electron chi connectivity index (χ1n) is 6.12. The third kappa shape index (κ3) is 3.32. The molecular weight excluding hydrogens is 278 g/mol. The predicted molar refractivity (Wildman–Crippen MR) is 81.9 cm³/mol. The van der Waals surface area contributed by atoms with Gasteiger partial charge in [0.05, 0.1) is 27.9 Å². The van der Waals surface area contributed by atoms with Crippen molar-refractivity contribution in [2.75, 3.05) is 19.5 Å². The molecule has 0 aliphatic rings. The van der Waals surface area contributed by atoms with Crippen LogP contribution in [0.3, 0.4) is 0 Å². The van der Waals surface area contributed by atoms with E-state index in [-0.39, 0.29) is 5.41 Å². The highest BCUT2D eigenvalue weighted by Crippen LogP contribution is 2.38. The molecule has 0 unspecified atom stereocenters. The van der Waals surface area contributed by atoms with Crippen LogP contribution in [0.15, 0.2) is 5.38 Å². The average Bonchev–Trinajstić information content (AvgIpc) is 2.91. The Balaban J connectivity index is 2.42. The van der Waals surface area contributed by atoms with Crippen LogP contribution in [0.25, 0.3) is 10.6 Å². The van der Waals surface area contributed by atoms with Crippen LogP contribution in [0.2, 0.25) is 0 Å². The average molecular weight is 297 g/mol. The summed E-state index contributed by atoms with van der Waals surface area (Å²) in [5.74, 6) is 0. The van der Waals surface area contributed by atoms with Crippen molar-refractivity contribution in [1.29, 1.82) is 0 Å². The number of aromatic nitrogens is 2. The molecule has 0 bridgehead atoms. The zero-order valence-electron chi connectivity index (χ0n) is 11.7. The summed E-state index contributed by atoms with van der Waals surface area (Å²) in [5, 5.41) is 3.69. The van der Waals surface area contributed by atoms with Gasteiger partial charge in [0.15, 0.2) is 5.13 Å². The van der Waals surface area contributed by atoms with E-state index in [1.165, 1.54) is 11.3 Å². The fourth-order valence-corrected chi connectivity index (χ4v) is 3.58. The van der Waals surface area contributed by atoms with Crippen molar-refractivity contribution >= 4 is 27.8 Å². The first kappa shape index (κ1) is 14.4. The Morgan fingerprint density at radius 3 is 2.58 bits per heavy atom. The summed E-state index contributed by atoms with van der Waals surface area (Å²) in [6.07, 6.45) is 0.837. The Labute approximate surface area is 121 Å². The van der Waals surface area contributed by atoms with E-state index in [1.54, 1.807) is 18.4 Å². The van der Waals surface area contributed by atoms with Gasteiger partial charge in [0, 0.05) is 24.3 Å². The van der Waals surface area contributed by atoms with Crippen LogP contribution in [0.4, 0.5) is 5.13 Å². The van der Waals surface area contributed by atoms with Gasteiger partial charge in [-0.25, -0.2) is 9.97 Å². The van der Waals surface area contributed by atoms with Crippen molar-refractivity contribution in [3.05, 3.63) is 16.1 Å². The Kier molecular flexibility index (Phi) is 4.23. The van der Waals surface area contributed by atoms with Gasteiger partial charge in [0.1, 0.15) is 0 Å². The molecule has 0 fully saturated rings. The fraction of sp³-hybridized carbons (Fsp3) is 0.538. The number of nitrogens with two attached hydrogens (primary N) is 1. The molecule has 2 aromatic heterocycles. The number of ether oxygens (including phenoxy) is 1. The van der Waals surface area contributed by atoms with Crippen LogP contribution < -0.4 is 5.73 Å². The van der Waals surface area contributed by atoms with E-state index < -0.39 is 0 Å². The maximum atomic E-state index is 5.73. The Hall–Kier alpha value is -0.980. The third-order valence-corrected chi connectivity index (χ3v) is 4.47. The molecule has 0 saturated heterocycles. The summed E-state index contributed by atoms with van der Waals surface area (Å²) >= 11 is 3.16. The third-order valence-electron chi connectivity index (χ3n) is 2.66. The number of anilines is 1. The molecule has 2 rings (SSSR count). The number of hydrogen-bond donors (Lipinski definition) is 1. The van der Waals surface area contributed by atoms with Gasteiger partial charge in [0.25, 0.3) is 0 Å². The van der Waals surface area contributed by atoms with Gasteiger partial charge in [-0.2, -0.15) is 0 Å². The van der Waals surface area contributed by atoms with Crippen LogP contribution in [-0.2, 0) is 16.6 Å². The summed E-state index contributed by atoms with van der Waals surface area (Å²) in [5.41, 5.74) is 7.76. The van der Waals surface area contributed by atoms with Gasteiger partial charge in [-0.3, -0.25) is 0 Å². The SMILES string of the molecule is COCCc1nc(C(C)(C)C)c(-c2csc(N)n2)s1. The minimum absolute atomic E-state index is 0.00443. The van der Waals surface area contributed by atoms with E-state index in [0.29, 0.717) is 11.7 Å². The molecule has 0 aromatic carbocycles. The molecule has 0 atom stereocenters. The normalized spacial score (nSPS) is 12.0. The Morgan fingerprint density at radius 1 is 1.32 bits per heavy atom. The van der Waals surface area contributed by atoms with Crippen molar-refractivity contribution in [2.24, 2.45) is 0 Å². The van der Waals surface area contributed by atoms with Crippen molar-refractivity contribution in [1.82, 2.24) is 9.97 Å². The molecule has 0 aliphatic carbocycles. The molecule has 0 spiro atoms. The molecular formula is C13H19N3OS2. The second-order valence-corrected chi connectivity index (χ2v) is 7.32. The highest BCUT2D eigenvalue weighted by atomic mass is 32.1. The molecule has 0 amide bonds. The van der Waals surface area contributed by atoms with Gasteiger partial charge in [0.2, 0.25) is 0 Å². The van der Waals surface area contributed by atoms with Crippen LogP contribution in [0.5, 0.6) is 0 Å². The lowest BCUT2D eigenvalue weighted by molar-refractivity contribution is 0.202. The summed E-state index contributed by atoms with van der Waals surface area (Å²) < 4.78 is 5.12. The number of methoxy groups -OCH3 is 1. The topological polar surface area (TPSA) is 61.0 Å². The van der Waals surface area contributed by atoms with E-state index in [2.05, 4.69) is 25.8 Å². The van der Waals surface area contributed by atoms with E-state index in [4.69, 9.17) is 15.5 Å². The Morgan fingerprint density at radius 2 is 2.05 bits per heavy atom. The fourth-order valence-electron chi connectivity index (χ4n) is 1.73. The van der Waals surface area contributed by atoms with E-state index in [9.17, 15) is 0 Å².